The molecule has 1 aromatic rings. The van der Waals surface area contributed by atoms with Crippen LogP contribution in [0.3, 0.4) is 0 Å². The molecule has 1 saturated heterocycles. The van der Waals surface area contributed by atoms with Crippen LogP contribution in [0, 0.1) is 5.92 Å². The highest BCUT2D eigenvalue weighted by atomic mass is 32.1. The van der Waals surface area contributed by atoms with E-state index in [-0.39, 0.29) is 0 Å². The third kappa shape index (κ3) is 4.37. The van der Waals surface area contributed by atoms with Gasteiger partial charge in [0, 0.05) is 17.6 Å². The van der Waals surface area contributed by atoms with Crippen molar-refractivity contribution in [3.63, 3.8) is 0 Å². The number of nitrogens with zero attached hydrogens (tertiary/aromatic N) is 2. The van der Waals surface area contributed by atoms with Crippen molar-refractivity contribution in [2.45, 2.75) is 32.7 Å². The smallest absolute Gasteiger partial charge is 0.0794 e. The molecule has 1 aliphatic heterocycles. The highest BCUT2D eigenvalue weighted by molar-refractivity contribution is 7.09. The normalized spacial score (nSPS) is 18.6. The molecular weight excluding hydrogens is 230 g/mol. The Kier molecular flexibility index (Phi) is 5.42. The number of nitrogens with one attached hydrogen (secondary N) is 1. The number of likely N-dealkylation sites (tertiary alicyclic amines) is 1. The molecule has 96 valence electrons. The van der Waals surface area contributed by atoms with Crippen molar-refractivity contribution in [1.29, 1.82) is 0 Å². The Bertz CT molecular complexity index is 292. The second kappa shape index (κ2) is 7.09. The molecule has 0 spiro atoms. The lowest BCUT2D eigenvalue weighted by Gasteiger charge is -2.31. The molecular formula is C13H23N3S. The van der Waals surface area contributed by atoms with Crippen LogP contribution in [0.2, 0.25) is 0 Å². The van der Waals surface area contributed by atoms with Crippen molar-refractivity contribution in [3.8, 4) is 0 Å². The minimum absolute atomic E-state index is 0.888. The number of hydrogen-bond donors (Lipinski definition) is 1. The number of thiazole rings is 1. The molecule has 4 heteroatoms. The largest absolute Gasteiger partial charge is 0.316 e. The lowest BCUT2D eigenvalue weighted by atomic mass is 9.97. The van der Waals surface area contributed by atoms with Crippen LogP contribution >= 0.6 is 11.3 Å². The molecule has 1 N–H and O–H groups in total. The monoisotopic (exact) mass is 253 g/mol. The summed E-state index contributed by atoms with van der Waals surface area (Å²) in [6.07, 6.45) is 5.93. The van der Waals surface area contributed by atoms with Gasteiger partial charge in [-0.3, -0.25) is 9.88 Å². The van der Waals surface area contributed by atoms with Gasteiger partial charge in [0.25, 0.3) is 0 Å². The molecule has 0 aliphatic carbocycles. The van der Waals surface area contributed by atoms with Gasteiger partial charge in [-0.25, -0.2) is 0 Å². The summed E-state index contributed by atoms with van der Waals surface area (Å²) in [7, 11) is 0. The Hall–Kier alpha value is -0.450. The van der Waals surface area contributed by atoms with E-state index in [1.165, 1.54) is 50.3 Å². The van der Waals surface area contributed by atoms with Crippen LogP contribution in [0.5, 0.6) is 0 Å². The maximum Gasteiger partial charge on any atom is 0.0794 e. The summed E-state index contributed by atoms with van der Waals surface area (Å²) in [6, 6.07) is 0. The number of aromatic nitrogens is 1. The van der Waals surface area contributed by atoms with Crippen molar-refractivity contribution in [3.05, 3.63) is 16.6 Å². The van der Waals surface area contributed by atoms with E-state index in [0.29, 0.717) is 0 Å². The van der Waals surface area contributed by atoms with Crippen LogP contribution in [-0.4, -0.2) is 36.1 Å². The molecule has 2 rings (SSSR count). The molecule has 1 aliphatic rings. The number of piperidine rings is 1. The summed E-state index contributed by atoms with van der Waals surface area (Å²) in [6.45, 7) is 8.19. The molecule has 1 fully saturated rings. The third-order valence-electron chi connectivity index (χ3n) is 3.43. The third-order valence-corrected chi connectivity index (χ3v) is 4.19. The van der Waals surface area contributed by atoms with Gasteiger partial charge in [0.15, 0.2) is 0 Å². The van der Waals surface area contributed by atoms with Crippen molar-refractivity contribution in [2.75, 3.05) is 26.2 Å². The Labute approximate surface area is 108 Å². The standard InChI is InChI=1S/C13H23N3S/c1-2-5-14-8-12-3-6-16(7-4-12)10-13-9-15-11-17-13/h9,11-12,14H,2-8,10H2,1H3. The maximum atomic E-state index is 4.13. The average molecular weight is 253 g/mol. The van der Waals surface area contributed by atoms with Gasteiger partial charge in [-0.15, -0.1) is 11.3 Å². The van der Waals surface area contributed by atoms with E-state index in [9.17, 15) is 0 Å². The molecule has 0 unspecified atom stereocenters. The quantitative estimate of drug-likeness (QED) is 0.789. The fourth-order valence-electron chi connectivity index (χ4n) is 2.37. The van der Waals surface area contributed by atoms with E-state index < -0.39 is 0 Å². The van der Waals surface area contributed by atoms with Gasteiger partial charge in [0.2, 0.25) is 0 Å². The summed E-state index contributed by atoms with van der Waals surface area (Å²) >= 11 is 1.77. The first kappa shape index (κ1) is 13.0. The van der Waals surface area contributed by atoms with Crippen LogP contribution in [-0.2, 0) is 6.54 Å². The van der Waals surface area contributed by atoms with Gasteiger partial charge >= 0.3 is 0 Å². The molecule has 0 bridgehead atoms. The fraction of sp³-hybridized carbons (Fsp3) is 0.769. The first-order valence-corrected chi connectivity index (χ1v) is 7.57. The van der Waals surface area contributed by atoms with Crippen molar-refractivity contribution >= 4 is 11.3 Å². The SMILES string of the molecule is CCCNCC1CCN(Cc2cncs2)CC1. The minimum Gasteiger partial charge on any atom is -0.316 e. The Balaban J connectivity index is 1.64. The number of rotatable bonds is 6. The van der Waals surface area contributed by atoms with Crippen LogP contribution in [0.1, 0.15) is 31.1 Å². The van der Waals surface area contributed by atoms with Gasteiger partial charge in [-0.1, -0.05) is 6.92 Å². The van der Waals surface area contributed by atoms with E-state index in [2.05, 4.69) is 22.1 Å². The summed E-state index contributed by atoms with van der Waals surface area (Å²) in [5.74, 6) is 0.888. The van der Waals surface area contributed by atoms with Crippen molar-refractivity contribution in [1.82, 2.24) is 15.2 Å². The molecule has 0 radical (unpaired) electrons. The van der Waals surface area contributed by atoms with Gasteiger partial charge in [-0.2, -0.15) is 0 Å². The van der Waals surface area contributed by atoms with Crippen LogP contribution in [0.4, 0.5) is 0 Å². The predicted molar refractivity (Wildman–Crippen MR) is 73.3 cm³/mol. The Morgan fingerprint density at radius 3 is 2.94 bits per heavy atom. The lowest BCUT2D eigenvalue weighted by Crippen LogP contribution is -2.36. The first-order chi connectivity index (χ1) is 8.38. The fourth-order valence-corrected chi connectivity index (χ4v) is 3.01. The second-order valence-corrected chi connectivity index (χ2v) is 5.86. The van der Waals surface area contributed by atoms with Crippen molar-refractivity contribution < 1.29 is 0 Å². The first-order valence-electron chi connectivity index (χ1n) is 6.69. The zero-order valence-electron chi connectivity index (χ0n) is 10.7. The predicted octanol–water partition coefficient (Wildman–Crippen LogP) is 2.35. The van der Waals surface area contributed by atoms with Crippen LogP contribution in [0.15, 0.2) is 11.7 Å². The highest BCUT2D eigenvalue weighted by Gasteiger charge is 2.18. The maximum absolute atomic E-state index is 4.13. The Morgan fingerprint density at radius 1 is 1.47 bits per heavy atom. The summed E-state index contributed by atoms with van der Waals surface area (Å²) in [4.78, 5) is 8.09. The van der Waals surface area contributed by atoms with Gasteiger partial charge in [0.1, 0.15) is 0 Å². The molecule has 0 atom stereocenters. The lowest BCUT2D eigenvalue weighted by molar-refractivity contribution is 0.177. The van der Waals surface area contributed by atoms with E-state index in [1.807, 2.05) is 11.7 Å². The highest BCUT2D eigenvalue weighted by Crippen LogP contribution is 2.19. The molecule has 17 heavy (non-hydrogen) atoms. The molecule has 3 nitrogen and oxygen atoms in total. The van der Waals surface area contributed by atoms with E-state index in [1.54, 1.807) is 11.3 Å². The molecule has 0 amide bonds. The van der Waals surface area contributed by atoms with Gasteiger partial charge < -0.3 is 5.32 Å². The summed E-state index contributed by atoms with van der Waals surface area (Å²) < 4.78 is 0. The van der Waals surface area contributed by atoms with Gasteiger partial charge in [-0.05, 0) is 51.4 Å². The Morgan fingerprint density at radius 2 is 2.29 bits per heavy atom. The zero-order valence-corrected chi connectivity index (χ0v) is 11.5. The minimum atomic E-state index is 0.888. The summed E-state index contributed by atoms with van der Waals surface area (Å²) in [5, 5.41) is 3.54. The van der Waals surface area contributed by atoms with Crippen molar-refractivity contribution in [2.24, 2.45) is 5.92 Å². The van der Waals surface area contributed by atoms with Crippen LogP contribution in [0.25, 0.3) is 0 Å². The molecule has 2 heterocycles. The number of hydrogen-bond acceptors (Lipinski definition) is 4. The molecule has 1 aromatic heterocycles. The molecule has 0 aromatic carbocycles. The topological polar surface area (TPSA) is 28.2 Å². The summed E-state index contributed by atoms with van der Waals surface area (Å²) in [5.41, 5.74) is 1.93. The second-order valence-electron chi connectivity index (χ2n) is 4.89. The van der Waals surface area contributed by atoms with E-state index in [0.717, 1.165) is 12.5 Å². The zero-order chi connectivity index (χ0) is 11.9. The van der Waals surface area contributed by atoms with E-state index in [4.69, 9.17) is 0 Å². The van der Waals surface area contributed by atoms with Crippen LogP contribution < -0.4 is 5.32 Å². The molecule has 0 saturated carbocycles. The van der Waals surface area contributed by atoms with Gasteiger partial charge in [0.05, 0.1) is 5.51 Å². The van der Waals surface area contributed by atoms with E-state index >= 15 is 0 Å². The average Bonchev–Trinajstić information content (AvgIpc) is 2.85.